The summed E-state index contributed by atoms with van der Waals surface area (Å²) in [5, 5.41) is 0.995. The smallest absolute Gasteiger partial charge is 0.240 e. The van der Waals surface area contributed by atoms with Gasteiger partial charge in [-0.05, 0) is 37.1 Å². The van der Waals surface area contributed by atoms with Crippen molar-refractivity contribution in [3.05, 3.63) is 54.2 Å². The second kappa shape index (κ2) is 9.11. The fourth-order valence-electron chi connectivity index (χ4n) is 2.98. The Kier molecular flexibility index (Phi) is 6.56. The molecule has 0 bridgehead atoms. The second-order valence-electron chi connectivity index (χ2n) is 6.40. The van der Waals surface area contributed by atoms with E-state index in [-0.39, 0.29) is 11.4 Å². The van der Waals surface area contributed by atoms with E-state index >= 15 is 0 Å². The Hall–Kier alpha value is -2.84. The monoisotopic (exact) mass is 416 g/mol. The average Bonchev–Trinajstić information content (AvgIpc) is 2.73. The third-order valence-electron chi connectivity index (χ3n) is 4.44. The Morgan fingerprint density at radius 3 is 2.48 bits per heavy atom. The molecule has 8 heteroatoms. The molecule has 7 nitrogen and oxygen atoms in total. The van der Waals surface area contributed by atoms with E-state index in [0.717, 1.165) is 10.9 Å². The number of ether oxygens (including phenoxy) is 3. The molecule has 154 valence electrons. The van der Waals surface area contributed by atoms with Crippen LogP contribution in [0.4, 0.5) is 0 Å². The Bertz CT molecular complexity index is 1090. The van der Waals surface area contributed by atoms with Crippen molar-refractivity contribution in [3.8, 4) is 17.2 Å². The van der Waals surface area contributed by atoms with Gasteiger partial charge in [0.05, 0.1) is 25.7 Å². The number of methoxy groups -OCH3 is 2. The number of hydrogen-bond donors (Lipinski definition) is 1. The third-order valence-corrected chi connectivity index (χ3v) is 6.04. The number of aryl methyl sites for hydroxylation is 1. The van der Waals surface area contributed by atoms with Gasteiger partial charge in [-0.15, -0.1) is 0 Å². The van der Waals surface area contributed by atoms with Crippen molar-refractivity contribution >= 4 is 20.9 Å². The fourth-order valence-corrected chi connectivity index (χ4v) is 4.30. The van der Waals surface area contributed by atoms with Crippen molar-refractivity contribution in [3.63, 3.8) is 0 Å². The quantitative estimate of drug-likeness (QED) is 0.539. The summed E-state index contributed by atoms with van der Waals surface area (Å²) >= 11 is 0. The molecule has 1 aromatic heterocycles. The van der Waals surface area contributed by atoms with Crippen molar-refractivity contribution in [2.75, 3.05) is 27.4 Å². The van der Waals surface area contributed by atoms with Crippen molar-refractivity contribution in [1.29, 1.82) is 0 Å². The third kappa shape index (κ3) is 4.78. The highest BCUT2D eigenvalue weighted by Crippen LogP contribution is 2.32. The van der Waals surface area contributed by atoms with Crippen LogP contribution >= 0.6 is 0 Å². The molecule has 0 saturated heterocycles. The molecule has 3 aromatic rings. The molecular formula is C21H24N2O5S. The van der Waals surface area contributed by atoms with Gasteiger partial charge in [-0.1, -0.05) is 18.2 Å². The summed E-state index contributed by atoms with van der Waals surface area (Å²) in [5.41, 5.74) is 1.37. The molecule has 0 fully saturated rings. The van der Waals surface area contributed by atoms with Crippen molar-refractivity contribution in [2.24, 2.45) is 0 Å². The predicted molar refractivity (Wildman–Crippen MR) is 111 cm³/mol. The molecule has 2 aromatic carbocycles. The van der Waals surface area contributed by atoms with Crippen LogP contribution in [0.2, 0.25) is 0 Å². The van der Waals surface area contributed by atoms with E-state index in [1.807, 2.05) is 30.3 Å². The van der Waals surface area contributed by atoms with Crippen LogP contribution in [0.25, 0.3) is 10.9 Å². The van der Waals surface area contributed by atoms with E-state index in [9.17, 15) is 8.42 Å². The molecule has 29 heavy (non-hydrogen) atoms. The summed E-state index contributed by atoms with van der Waals surface area (Å²) in [6.07, 6.45) is 2.23. The van der Waals surface area contributed by atoms with Gasteiger partial charge in [0.1, 0.15) is 11.3 Å². The largest absolute Gasteiger partial charge is 0.493 e. The first-order valence-electron chi connectivity index (χ1n) is 9.15. The first kappa shape index (κ1) is 20.9. The number of nitrogens with zero attached hydrogens (tertiary/aromatic N) is 1. The molecule has 0 radical (unpaired) electrons. The minimum atomic E-state index is -3.68. The van der Waals surface area contributed by atoms with E-state index < -0.39 is 10.0 Å². The SMILES string of the molecule is COc1cc(C)c(S(=O)(=O)NCCCOc2cccc3cccnc23)cc1OC. The summed E-state index contributed by atoms with van der Waals surface area (Å²) in [4.78, 5) is 4.50. The van der Waals surface area contributed by atoms with Gasteiger partial charge in [-0.25, -0.2) is 13.1 Å². The van der Waals surface area contributed by atoms with Gasteiger partial charge in [0, 0.05) is 24.2 Å². The number of nitrogens with one attached hydrogen (secondary N) is 1. The molecular weight excluding hydrogens is 392 g/mol. The lowest BCUT2D eigenvalue weighted by Gasteiger charge is -2.14. The van der Waals surface area contributed by atoms with Crippen molar-refractivity contribution in [2.45, 2.75) is 18.2 Å². The van der Waals surface area contributed by atoms with Crippen molar-refractivity contribution in [1.82, 2.24) is 9.71 Å². The lowest BCUT2D eigenvalue weighted by molar-refractivity contribution is 0.314. The lowest BCUT2D eigenvalue weighted by Crippen LogP contribution is -2.26. The molecule has 1 N–H and O–H groups in total. The maximum Gasteiger partial charge on any atom is 0.240 e. The highest BCUT2D eigenvalue weighted by atomic mass is 32.2. The zero-order chi connectivity index (χ0) is 20.9. The van der Waals surface area contributed by atoms with Crippen LogP contribution in [0.1, 0.15) is 12.0 Å². The average molecular weight is 416 g/mol. The molecule has 0 atom stereocenters. The molecule has 0 saturated carbocycles. The van der Waals surface area contributed by atoms with Gasteiger partial charge in [0.15, 0.2) is 11.5 Å². The molecule has 0 aliphatic heterocycles. The molecule has 0 amide bonds. The zero-order valence-corrected chi connectivity index (χ0v) is 17.5. The summed E-state index contributed by atoms with van der Waals surface area (Å²) in [6, 6.07) is 12.7. The number of sulfonamides is 1. The van der Waals surface area contributed by atoms with Crippen LogP contribution in [0.15, 0.2) is 53.6 Å². The summed E-state index contributed by atoms with van der Waals surface area (Å²) in [7, 11) is -0.704. The van der Waals surface area contributed by atoms with E-state index in [0.29, 0.717) is 35.8 Å². The maximum absolute atomic E-state index is 12.7. The fraction of sp³-hybridized carbons (Fsp3) is 0.286. The summed E-state index contributed by atoms with van der Waals surface area (Å²) < 4.78 is 44.2. The van der Waals surface area contributed by atoms with Crippen LogP contribution < -0.4 is 18.9 Å². The number of rotatable bonds is 9. The topological polar surface area (TPSA) is 86.8 Å². The van der Waals surface area contributed by atoms with E-state index in [4.69, 9.17) is 14.2 Å². The minimum Gasteiger partial charge on any atom is -0.493 e. The Balaban J connectivity index is 1.60. The van der Waals surface area contributed by atoms with E-state index in [1.54, 1.807) is 19.2 Å². The maximum atomic E-state index is 12.7. The zero-order valence-electron chi connectivity index (χ0n) is 16.6. The first-order valence-corrected chi connectivity index (χ1v) is 10.6. The predicted octanol–water partition coefficient (Wildman–Crippen LogP) is 3.31. The van der Waals surface area contributed by atoms with Crippen LogP contribution in [0, 0.1) is 6.92 Å². The van der Waals surface area contributed by atoms with Gasteiger partial charge < -0.3 is 14.2 Å². The first-order chi connectivity index (χ1) is 14.0. The van der Waals surface area contributed by atoms with Gasteiger partial charge in [-0.3, -0.25) is 4.98 Å². The Morgan fingerprint density at radius 2 is 1.72 bits per heavy atom. The normalized spacial score (nSPS) is 11.4. The molecule has 0 unspecified atom stereocenters. The molecule has 0 spiro atoms. The second-order valence-corrected chi connectivity index (χ2v) is 8.14. The molecule has 1 heterocycles. The Labute approximate surface area is 170 Å². The van der Waals surface area contributed by atoms with Crippen molar-refractivity contribution < 1.29 is 22.6 Å². The van der Waals surface area contributed by atoms with Gasteiger partial charge >= 0.3 is 0 Å². The standard InChI is InChI=1S/C21H24N2O5S/c1-15-13-18(26-2)19(27-3)14-20(15)29(24,25)23-11-6-12-28-17-9-4-7-16-8-5-10-22-21(16)17/h4-5,7-10,13-14,23H,6,11-12H2,1-3H3. The highest BCUT2D eigenvalue weighted by Gasteiger charge is 2.20. The molecule has 3 rings (SSSR count). The van der Waals surface area contributed by atoms with Gasteiger partial charge in [-0.2, -0.15) is 0 Å². The highest BCUT2D eigenvalue weighted by molar-refractivity contribution is 7.89. The van der Waals surface area contributed by atoms with E-state index in [2.05, 4.69) is 9.71 Å². The lowest BCUT2D eigenvalue weighted by atomic mass is 10.2. The van der Waals surface area contributed by atoms with E-state index in [1.165, 1.54) is 20.3 Å². The number of hydrogen-bond acceptors (Lipinski definition) is 6. The van der Waals surface area contributed by atoms with Gasteiger partial charge in [0.25, 0.3) is 0 Å². The molecule has 0 aliphatic rings. The van der Waals surface area contributed by atoms with Crippen LogP contribution in [0.5, 0.6) is 17.2 Å². The van der Waals surface area contributed by atoms with Gasteiger partial charge in [0.2, 0.25) is 10.0 Å². The molecule has 0 aliphatic carbocycles. The number of benzene rings is 2. The summed E-state index contributed by atoms with van der Waals surface area (Å²) in [6.45, 7) is 2.32. The van der Waals surface area contributed by atoms with Crippen LogP contribution in [-0.4, -0.2) is 40.8 Å². The number of para-hydroxylation sites is 1. The number of pyridine rings is 1. The minimum absolute atomic E-state index is 0.161. The van der Waals surface area contributed by atoms with Crippen LogP contribution in [-0.2, 0) is 10.0 Å². The number of fused-ring (bicyclic) bond motifs is 1. The summed E-state index contributed by atoms with van der Waals surface area (Å²) in [5.74, 6) is 1.54. The number of aromatic nitrogens is 1. The van der Waals surface area contributed by atoms with Crippen LogP contribution in [0.3, 0.4) is 0 Å². The Morgan fingerprint density at radius 1 is 1.00 bits per heavy atom.